The molecule has 0 fully saturated rings. The highest BCUT2D eigenvalue weighted by molar-refractivity contribution is 8.00. The average Bonchev–Trinajstić information content (AvgIpc) is 3.07. The van der Waals surface area contributed by atoms with Crippen LogP contribution in [0.5, 0.6) is 11.5 Å². The molecule has 8 nitrogen and oxygen atoms in total. The van der Waals surface area contributed by atoms with E-state index in [-0.39, 0.29) is 29.7 Å². The fourth-order valence-corrected chi connectivity index (χ4v) is 2.79. The number of hydrogen-bond donors (Lipinski definition) is 1. The Kier molecular flexibility index (Phi) is 5.14. The van der Waals surface area contributed by atoms with Gasteiger partial charge in [-0.1, -0.05) is 18.2 Å². The molecule has 0 aliphatic carbocycles. The molecule has 128 valence electrons. The third-order valence-electron chi connectivity index (χ3n) is 3.22. The highest BCUT2D eigenvalue weighted by atomic mass is 32.2. The summed E-state index contributed by atoms with van der Waals surface area (Å²) in [4.78, 5) is 23.3. The number of rotatable bonds is 6. The van der Waals surface area contributed by atoms with Crippen molar-refractivity contribution < 1.29 is 19.2 Å². The summed E-state index contributed by atoms with van der Waals surface area (Å²) < 4.78 is 10.3. The predicted octanol–water partition coefficient (Wildman–Crippen LogP) is 2.57. The topological polar surface area (TPSA) is 103 Å². The first-order valence-corrected chi connectivity index (χ1v) is 8.20. The van der Waals surface area contributed by atoms with Gasteiger partial charge in [-0.25, -0.2) is 5.43 Å². The third kappa shape index (κ3) is 4.27. The van der Waals surface area contributed by atoms with Gasteiger partial charge in [0.15, 0.2) is 11.5 Å². The molecular weight excluding hydrogens is 346 g/mol. The lowest BCUT2D eigenvalue weighted by Crippen LogP contribution is -2.19. The van der Waals surface area contributed by atoms with E-state index in [0.717, 1.165) is 4.90 Å². The molecule has 25 heavy (non-hydrogen) atoms. The first kappa shape index (κ1) is 16.8. The number of nitro groups is 1. The Morgan fingerprint density at radius 1 is 1.28 bits per heavy atom. The van der Waals surface area contributed by atoms with Crippen LogP contribution in [0.25, 0.3) is 0 Å². The van der Waals surface area contributed by atoms with Crippen molar-refractivity contribution in [1.82, 2.24) is 5.43 Å². The van der Waals surface area contributed by atoms with Crippen LogP contribution in [-0.2, 0) is 4.79 Å². The number of ether oxygens (including phenoxy) is 2. The minimum atomic E-state index is -0.545. The Morgan fingerprint density at radius 3 is 2.72 bits per heavy atom. The van der Waals surface area contributed by atoms with Gasteiger partial charge in [0.05, 0.1) is 28.5 Å². The van der Waals surface area contributed by atoms with Crippen LogP contribution in [0.15, 0.2) is 52.5 Å². The van der Waals surface area contributed by atoms with Gasteiger partial charge in [0.1, 0.15) is 0 Å². The van der Waals surface area contributed by atoms with Gasteiger partial charge >= 0.3 is 0 Å². The van der Waals surface area contributed by atoms with Crippen LogP contribution in [0.4, 0.5) is 5.69 Å². The number of benzene rings is 2. The fourth-order valence-electron chi connectivity index (χ4n) is 2.08. The fraction of sp³-hybridized carbons (Fsp3) is 0.125. The van der Waals surface area contributed by atoms with Crippen molar-refractivity contribution in [1.29, 1.82) is 0 Å². The van der Waals surface area contributed by atoms with E-state index in [0.29, 0.717) is 11.5 Å². The Balaban J connectivity index is 1.62. The Hall–Kier alpha value is -3.07. The summed E-state index contributed by atoms with van der Waals surface area (Å²) >= 11 is 1.37. The smallest absolute Gasteiger partial charge is 0.282 e. The maximum absolute atomic E-state index is 11.8. The molecule has 1 heterocycles. The molecule has 0 radical (unpaired) electrons. The van der Waals surface area contributed by atoms with Gasteiger partial charge in [-0.2, -0.15) is 5.10 Å². The van der Waals surface area contributed by atoms with Crippen molar-refractivity contribution in [2.45, 2.75) is 4.90 Å². The summed E-state index contributed by atoms with van der Waals surface area (Å²) in [5.41, 5.74) is 2.38. The van der Waals surface area contributed by atoms with E-state index < -0.39 is 4.92 Å². The van der Waals surface area contributed by atoms with Crippen LogP contribution in [-0.4, -0.2) is 29.6 Å². The zero-order valence-electron chi connectivity index (χ0n) is 12.9. The Morgan fingerprint density at radius 2 is 2.00 bits per heavy atom. The number of carbonyl (C=O) groups excluding carboxylic acids is 1. The van der Waals surface area contributed by atoms with Crippen molar-refractivity contribution in [2.75, 3.05) is 12.5 Å². The number of carbonyl (C=O) groups is 1. The number of fused-ring (bicyclic) bond motifs is 1. The molecule has 1 amide bonds. The van der Waals surface area contributed by atoms with Crippen molar-refractivity contribution in [3.05, 3.63) is 58.1 Å². The lowest BCUT2D eigenvalue weighted by molar-refractivity contribution is -0.385. The lowest BCUT2D eigenvalue weighted by atomic mass is 10.1. The average molecular weight is 359 g/mol. The predicted molar refractivity (Wildman–Crippen MR) is 92.1 cm³/mol. The Bertz CT molecular complexity index is 826. The summed E-state index contributed by atoms with van der Waals surface area (Å²) in [6, 6.07) is 12.2. The molecule has 9 heteroatoms. The largest absolute Gasteiger partial charge is 0.454 e. The molecule has 2 aromatic rings. The number of hydrogen-bond acceptors (Lipinski definition) is 7. The summed E-state index contributed by atoms with van der Waals surface area (Å²) in [5, 5.41) is 14.9. The number of nitro benzene ring substituents is 1. The first-order chi connectivity index (χ1) is 12.1. The first-order valence-electron chi connectivity index (χ1n) is 7.21. The molecule has 0 unspecified atom stereocenters. The molecule has 3 rings (SSSR count). The molecule has 1 N–H and O–H groups in total. The lowest BCUT2D eigenvalue weighted by Gasteiger charge is -2.02. The van der Waals surface area contributed by atoms with Crippen molar-refractivity contribution >= 4 is 29.6 Å². The highest BCUT2D eigenvalue weighted by Crippen LogP contribution is 2.37. The molecule has 2 aromatic carbocycles. The summed E-state index contributed by atoms with van der Waals surface area (Å²) in [6.45, 7) is 0.0144. The second-order valence-corrected chi connectivity index (χ2v) is 5.97. The highest BCUT2D eigenvalue weighted by Gasteiger charge is 2.22. The minimum absolute atomic E-state index is 0.0144. The van der Waals surface area contributed by atoms with Crippen molar-refractivity contribution in [3.63, 3.8) is 0 Å². The van der Waals surface area contributed by atoms with E-state index in [9.17, 15) is 14.9 Å². The second kappa shape index (κ2) is 7.67. The number of hydrazone groups is 1. The van der Waals surface area contributed by atoms with Gasteiger partial charge in [-0.15, -0.1) is 11.8 Å². The maximum Gasteiger partial charge on any atom is 0.282 e. The van der Waals surface area contributed by atoms with E-state index in [2.05, 4.69) is 10.5 Å². The van der Waals surface area contributed by atoms with Gasteiger partial charge in [0.25, 0.3) is 5.69 Å². The zero-order valence-corrected chi connectivity index (χ0v) is 13.7. The SMILES string of the molecule is O=C(CSc1ccccc1)NN=Cc1cc2c(cc1[N+](=O)[O-])OCO2. The Labute approximate surface area is 147 Å². The normalized spacial score (nSPS) is 12.3. The molecule has 0 aromatic heterocycles. The quantitative estimate of drug-likeness (QED) is 0.368. The molecule has 0 spiro atoms. The van der Waals surface area contributed by atoms with Gasteiger partial charge in [0, 0.05) is 4.90 Å². The number of nitrogens with one attached hydrogen (secondary N) is 1. The van der Waals surface area contributed by atoms with E-state index >= 15 is 0 Å². The van der Waals surface area contributed by atoms with Crippen LogP contribution in [0, 0.1) is 10.1 Å². The number of amides is 1. The molecular formula is C16H13N3O5S. The standard InChI is InChI=1S/C16H13N3O5S/c20-16(9-25-12-4-2-1-3-5-12)18-17-8-11-6-14-15(24-10-23-14)7-13(11)19(21)22/h1-8H,9-10H2,(H,18,20). The van der Waals surface area contributed by atoms with Crippen molar-refractivity contribution in [3.8, 4) is 11.5 Å². The van der Waals surface area contributed by atoms with Crippen LogP contribution < -0.4 is 14.9 Å². The summed E-state index contributed by atoms with van der Waals surface area (Å²) in [6.07, 6.45) is 1.21. The van der Waals surface area contributed by atoms with E-state index in [1.165, 1.54) is 30.1 Å². The van der Waals surface area contributed by atoms with Crippen LogP contribution >= 0.6 is 11.8 Å². The van der Waals surface area contributed by atoms with Crippen LogP contribution in [0.2, 0.25) is 0 Å². The van der Waals surface area contributed by atoms with Gasteiger partial charge in [-0.3, -0.25) is 14.9 Å². The van der Waals surface area contributed by atoms with Gasteiger partial charge in [0.2, 0.25) is 12.7 Å². The van der Waals surface area contributed by atoms with Gasteiger partial charge < -0.3 is 9.47 Å². The minimum Gasteiger partial charge on any atom is -0.454 e. The molecule has 0 saturated heterocycles. The van der Waals surface area contributed by atoms with Crippen LogP contribution in [0.3, 0.4) is 0 Å². The molecule has 0 saturated carbocycles. The number of nitrogens with zero attached hydrogens (tertiary/aromatic N) is 2. The molecule has 0 atom stereocenters. The van der Waals surface area contributed by atoms with E-state index in [4.69, 9.17) is 9.47 Å². The molecule has 1 aliphatic rings. The molecule has 0 bridgehead atoms. The van der Waals surface area contributed by atoms with Crippen molar-refractivity contribution in [2.24, 2.45) is 5.10 Å². The van der Waals surface area contributed by atoms with Crippen LogP contribution in [0.1, 0.15) is 5.56 Å². The monoisotopic (exact) mass is 359 g/mol. The maximum atomic E-state index is 11.8. The summed E-state index contributed by atoms with van der Waals surface area (Å²) in [7, 11) is 0. The second-order valence-electron chi connectivity index (χ2n) is 4.92. The number of thioether (sulfide) groups is 1. The summed E-state index contributed by atoms with van der Waals surface area (Å²) in [5.74, 6) is 0.587. The van der Waals surface area contributed by atoms with Gasteiger partial charge in [-0.05, 0) is 18.2 Å². The van der Waals surface area contributed by atoms with E-state index in [1.807, 2.05) is 30.3 Å². The third-order valence-corrected chi connectivity index (χ3v) is 4.24. The molecule has 1 aliphatic heterocycles. The zero-order chi connectivity index (χ0) is 17.6. The van der Waals surface area contributed by atoms with E-state index in [1.54, 1.807) is 0 Å².